The van der Waals surface area contributed by atoms with Gasteiger partial charge in [0.2, 0.25) is 0 Å². The van der Waals surface area contributed by atoms with Crippen LogP contribution in [0.3, 0.4) is 0 Å². The minimum atomic E-state index is -2.44. The fourth-order valence-corrected chi connectivity index (χ4v) is 2.74. The number of nitrogen functional groups attached to an aromatic ring is 1. The van der Waals surface area contributed by atoms with Crippen LogP contribution in [-0.4, -0.2) is 22.6 Å². The van der Waals surface area contributed by atoms with E-state index in [2.05, 4.69) is 5.32 Å². The third-order valence-electron chi connectivity index (χ3n) is 3.96. The molecule has 0 aromatic heterocycles. The Labute approximate surface area is 126 Å². The maximum absolute atomic E-state index is 11.7. The number of nitrogens with two attached hydrogens (primary N) is 1. The van der Waals surface area contributed by atoms with Gasteiger partial charge in [0.05, 0.1) is 0 Å². The number of rotatable bonds is 4. The molecule has 1 aliphatic carbocycles. The first kappa shape index (κ1) is 15.5. The van der Waals surface area contributed by atoms with Gasteiger partial charge in [-0.15, -0.1) is 0 Å². The molecule has 0 saturated heterocycles. The monoisotopic (exact) mass is 304 g/mol. The Morgan fingerprint density at radius 1 is 1.14 bits per heavy atom. The maximum Gasteiger partial charge on any atom is 0.492 e. The molecule has 1 unspecified atom stereocenters. The topological polar surface area (TPSA) is 124 Å². The van der Waals surface area contributed by atoms with Crippen LogP contribution < -0.4 is 11.1 Å². The van der Waals surface area contributed by atoms with Crippen molar-refractivity contribution in [1.29, 1.82) is 0 Å². The third kappa shape index (κ3) is 2.09. The Kier molecular flexibility index (Phi) is 3.85. The summed E-state index contributed by atoms with van der Waals surface area (Å²) < 4.78 is 0. The Morgan fingerprint density at radius 3 is 2.14 bits per heavy atom. The largest absolute Gasteiger partial charge is 0.492 e. The molecular weight excluding hydrogens is 288 g/mol. The molecule has 22 heavy (non-hydrogen) atoms. The second-order valence-corrected chi connectivity index (χ2v) is 5.04. The van der Waals surface area contributed by atoms with Crippen molar-refractivity contribution in [3.05, 3.63) is 67.9 Å². The van der Waals surface area contributed by atoms with Gasteiger partial charge in [-0.1, -0.05) is 12.1 Å². The van der Waals surface area contributed by atoms with Gasteiger partial charge in [0.1, 0.15) is 21.3 Å². The Morgan fingerprint density at radius 2 is 1.68 bits per heavy atom. The van der Waals surface area contributed by atoms with E-state index in [1.165, 1.54) is 13.0 Å². The average Bonchev–Trinajstić information content (AvgIpc) is 2.47. The summed E-state index contributed by atoms with van der Waals surface area (Å²) in [4.78, 5) is 21.7. The fourth-order valence-electron chi connectivity index (χ4n) is 2.74. The molecule has 0 amide bonds. The van der Waals surface area contributed by atoms with Crippen LogP contribution in [0.4, 0.5) is 5.69 Å². The van der Waals surface area contributed by atoms with Gasteiger partial charge in [-0.3, -0.25) is 20.2 Å². The van der Waals surface area contributed by atoms with Crippen LogP contribution in [0.5, 0.6) is 0 Å². The molecule has 3 N–H and O–H groups in total. The van der Waals surface area contributed by atoms with Crippen molar-refractivity contribution in [2.24, 2.45) is 5.92 Å². The molecule has 0 heterocycles. The van der Waals surface area contributed by atoms with E-state index >= 15 is 0 Å². The SMILES string of the molecule is CNC1=CC=C(c2ccc(N)cc2)C([N+](=O)[O-])([N+](=O)[O-])C1C. The summed E-state index contributed by atoms with van der Waals surface area (Å²) in [7, 11) is 1.58. The summed E-state index contributed by atoms with van der Waals surface area (Å²) in [6.45, 7) is 1.47. The highest BCUT2D eigenvalue weighted by atomic mass is 16.7. The quantitative estimate of drug-likeness (QED) is 0.377. The second kappa shape index (κ2) is 5.47. The Bertz CT molecular complexity index is 665. The van der Waals surface area contributed by atoms with Crippen molar-refractivity contribution >= 4 is 11.3 Å². The highest BCUT2D eigenvalue weighted by Gasteiger charge is 2.66. The van der Waals surface area contributed by atoms with E-state index in [0.717, 1.165) is 0 Å². The Balaban J connectivity index is 2.73. The zero-order chi connectivity index (χ0) is 16.5. The van der Waals surface area contributed by atoms with Crippen molar-refractivity contribution in [2.75, 3.05) is 12.8 Å². The summed E-state index contributed by atoms with van der Waals surface area (Å²) >= 11 is 0. The molecule has 8 nitrogen and oxygen atoms in total. The smallest absolute Gasteiger partial charge is 0.399 e. The number of nitro groups is 2. The van der Waals surface area contributed by atoms with E-state index in [1.807, 2.05) is 0 Å². The van der Waals surface area contributed by atoms with Crippen molar-refractivity contribution in [3.63, 3.8) is 0 Å². The van der Waals surface area contributed by atoms with Gasteiger partial charge in [-0.25, -0.2) is 0 Å². The first-order valence-corrected chi connectivity index (χ1v) is 6.60. The lowest BCUT2D eigenvalue weighted by atomic mass is 9.78. The number of benzene rings is 1. The molecule has 2 rings (SSSR count). The molecule has 0 spiro atoms. The number of anilines is 1. The van der Waals surface area contributed by atoms with E-state index in [1.54, 1.807) is 37.4 Å². The summed E-state index contributed by atoms with van der Waals surface area (Å²) in [5.41, 5.74) is 4.52. The first-order valence-electron chi connectivity index (χ1n) is 6.60. The highest BCUT2D eigenvalue weighted by molar-refractivity contribution is 5.75. The summed E-state index contributed by atoms with van der Waals surface area (Å²) in [5, 5.41) is 26.2. The van der Waals surface area contributed by atoms with E-state index in [0.29, 0.717) is 16.9 Å². The molecule has 0 radical (unpaired) electrons. The molecule has 1 aromatic rings. The van der Waals surface area contributed by atoms with Crippen LogP contribution in [0, 0.1) is 26.1 Å². The molecule has 8 heteroatoms. The molecule has 0 saturated carbocycles. The molecule has 116 valence electrons. The number of nitrogens with zero attached hydrogens (tertiary/aromatic N) is 2. The van der Waals surface area contributed by atoms with Gasteiger partial charge in [0.15, 0.2) is 0 Å². The van der Waals surface area contributed by atoms with Crippen molar-refractivity contribution in [1.82, 2.24) is 5.32 Å². The van der Waals surface area contributed by atoms with E-state index in [9.17, 15) is 20.2 Å². The number of allylic oxidation sites excluding steroid dienone is 2. The minimum absolute atomic E-state index is 0.0361. The average molecular weight is 304 g/mol. The summed E-state index contributed by atoms with van der Waals surface area (Å²) in [6.07, 6.45) is 3.05. The van der Waals surface area contributed by atoms with Gasteiger partial charge >= 0.3 is 5.66 Å². The van der Waals surface area contributed by atoms with Gasteiger partial charge in [-0.05, 0) is 36.8 Å². The van der Waals surface area contributed by atoms with Crippen LogP contribution in [0.1, 0.15) is 12.5 Å². The number of hydrogen-bond acceptors (Lipinski definition) is 6. The Hall–Kier alpha value is -2.90. The molecule has 0 bridgehead atoms. The van der Waals surface area contributed by atoms with Crippen molar-refractivity contribution in [3.8, 4) is 0 Å². The minimum Gasteiger partial charge on any atom is -0.399 e. The highest BCUT2D eigenvalue weighted by Crippen LogP contribution is 2.42. The number of nitrogens with one attached hydrogen (secondary N) is 1. The fraction of sp³-hybridized carbons (Fsp3) is 0.286. The number of hydrogen-bond donors (Lipinski definition) is 2. The lowest BCUT2D eigenvalue weighted by molar-refractivity contribution is -0.784. The van der Waals surface area contributed by atoms with Gasteiger partial charge in [-0.2, -0.15) is 0 Å². The first-order chi connectivity index (χ1) is 10.4. The lowest BCUT2D eigenvalue weighted by Gasteiger charge is -2.29. The summed E-state index contributed by atoms with van der Waals surface area (Å²) in [5.74, 6) is -0.944. The third-order valence-corrected chi connectivity index (χ3v) is 3.96. The molecule has 1 aromatic carbocycles. The lowest BCUT2D eigenvalue weighted by Crippen LogP contribution is -2.55. The van der Waals surface area contributed by atoms with Gasteiger partial charge < -0.3 is 11.1 Å². The summed E-state index contributed by atoms with van der Waals surface area (Å²) in [6, 6.07) is 6.22. The molecule has 1 aliphatic rings. The predicted molar refractivity (Wildman–Crippen MR) is 81.9 cm³/mol. The second-order valence-electron chi connectivity index (χ2n) is 5.04. The van der Waals surface area contributed by atoms with Gasteiger partial charge in [0, 0.05) is 18.4 Å². The van der Waals surface area contributed by atoms with Crippen LogP contribution in [0.25, 0.3) is 5.57 Å². The molecular formula is C14H16N4O4. The van der Waals surface area contributed by atoms with Crippen LogP contribution in [0.15, 0.2) is 42.1 Å². The van der Waals surface area contributed by atoms with Crippen LogP contribution in [-0.2, 0) is 0 Å². The van der Waals surface area contributed by atoms with E-state index in [4.69, 9.17) is 5.73 Å². The molecule has 0 fully saturated rings. The van der Waals surface area contributed by atoms with Crippen LogP contribution >= 0.6 is 0 Å². The van der Waals surface area contributed by atoms with E-state index < -0.39 is 21.4 Å². The zero-order valence-electron chi connectivity index (χ0n) is 12.1. The molecule has 1 atom stereocenters. The standard InChI is InChI=1S/C14H16N4O4/c1-9-13(16-2)8-7-12(10-3-5-11(15)6-4-10)14(9,17(19)20)18(21)22/h3-9,16H,15H2,1-2H3. The van der Waals surface area contributed by atoms with Crippen LogP contribution in [0.2, 0.25) is 0 Å². The maximum atomic E-state index is 11.7. The van der Waals surface area contributed by atoms with Gasteiger partial charge in [0.25, 0.3) is 0 Å². The van der Waals surface area contributed by atoms with Crippen molar-refractivity contribution in [2.45, 2.75) is 12.6 Å². The van der Waals surface area contributed by atoms with E-state index in [-0.39, 0.29) is 5.57 Å². The molecule has 0 aliphatic heterocycles. The van der Waals surface area contributed by atoms with Crippen molar-refractivity contribution < 1.29 is 9.85 Å². The zero-order valence-corrected chi connectivity index (χ0v) is 12.1. The normalized spacial score (nSPS) is 19.8. The predicted octanol–water partition coefficient (Wildman–Crippen LogP) is 1.65.